The predicted octanol–water partition coefficient (Wildman–Crippen LogP) is 1.31. The lowest BCUT2D eigenvalue weighted by atomic mass is 10.1. The number of aromatic amines is 2. The average Bonchev–Trinajstić information content (AvgIpc) is 2.96. The third-order valence-corrected chi connectivity index (χ3v) is 2.89. The number of nitrogens with one attached hydrogen (secondary N) is 3. The Kier molecular flexibility index (Phi) is 3.32. The molecular formula is C12H7F3N6O2. The number of hydrogen-bond acceptors (Lipinski definition) is 5. The minimum Gasteiger partial charge on any atom is -0.288 e. The molecule has 1 amide bonds. The quantitative estimate of drug-likeness (QED) is 0.657. The van der Waals surface area contributed by atoms with Gasteiger partial charge in [0.15, 0.2) is 5.69 Å². The SMILES string of the molecule is O=C(Nc1n[nH]c(C(F)(F)F)n1)c1n[nH]c(=O)c2ccccc12. The Morgan fingerprint density at radius 2 is 1.78 bits per heavy atom. The molecular weight excluding hydrogens is 317 g/mol. The molecule has 0 saturated heterocycles. The number of carbonyl (C=O) groups excluding carboxylic acids is 1. The summed E-state index contributed by atoms with van der Waals surface area (Å²) < 4.78 is 37.2. The van der Waals surface area contributed by atoms with Crippen LogP contribution in [0.4, 0.5) is 19.1 Å². The third-order valence-electron chi connectivity index (χ3n) is 2.89. The molecule has 2 aromatic heterocycles. The maximum Gasteiger partial charge on any atom is 0.451 e. The van der Waals surface area contributed by atoms with E-state index in [0.717, 1.165) is 0 Å². The number of amides is 1. The molecule has 0 saturated carbocycles. The number of nitrogens with zero attached hydrogens (tertiary/aromatic N) is 3. The molecule has 0 aliphatic rings. The van der Waals surface area contributed by atoms with Gasteiger partial charge in [-0.1, -0.05) is 18.2 Å². The molecule has 8 nitrogen and oxygen atoms in total. The summed E-state index contributed by atoms with van der Waals surface area (Å²) in [6.07, 6.45) is -4.71. The number of anilines is 1. The van der Waals surface area contributed by atoms with Crippen LogP contribution >= 0.6 is 0 Å². The molecule has 3 aromatic rings. The molecule has 0 spiro atoms. The van der Waals surface area contributed by atoms with Crippen LogP contribution in [-0.4, -0.2) is 31.3 Å². The van der Waals surface area contributed by atoms with Crippen LogP contribution in [0.15, 0.2) is 29.1 Å². The lowest BCUT2D eigenvalue weighted by Crippen LogP contribution is -2.20. The van der Waals surface area contributed by atoms with Gasteiger partial charge in [-0.2, -0.15) is 23.3 Å². The van der Waals surface area contributed by atoms with Gasteiger partial charge in [0.1, 0.15) is 0 Å². The van der Waals surface area contributed by atoms with Gasteiger partial charge in [-0.15, -0.1) is 5.10 Å². The van der Waals surface area contributed by atoms with Crippen LogP contribution in [0.1, 0.15) is 16.3 Å². The maximum atomic E-state index is 12.4. The van der Waals surface area contributed by atoms with Gasteiger partial charge in [-0.05, 0) is 6.07 Å². The van der Waals surface area contributed by atoms with Crippen LogP contribution in [-0.2, 0) is 6.18 Å². The standard InChI is InChI=1S/C12H7F3N6O2/c13-12(14,15)10-17-11(21-20-10)16-9(23)7-5-3-1-2-4-6(5)8(22)19-18-7/h1-4H,(H,19,22)(H2,16,17,20,21,23). The van der Waals surface area contributed by atoms with Crippen molar-refractivity contribution in [1.29, 1.82) is 0 Å². The molecule has 1 aromatic carbocycles. The Balaban J connectivity index is 1.94. The summed E-state index contributed by atoms with van der Waals surface area (Å²) in [6.45, 7) is 0. The molecule has 0 radical (unpaired) electrons. The Bertz CT molecular complexity index is 946. The highest BCUT2D eigenvalue weighted by Crippen LogP contribution is 2.26. The molecule has 0 fully saturated rings. The van der Waals surface area contributed by atoms with Gasteiger partial charge in [-0.3, -0.25) is 20.0 Å². The van der Waals surface area contributed by atoms with Crippen LogP contribution < -0.4 is 10.9 Å². The topological polar surface area (TPSA) is 116 Å². The molecule has 0 aliphatic heterocycles. The van der Waals surface area contributed by atoms with E-state index in [-0.39, 0.29) is 16.5 Å². The largest absolute Gasteiger partial charge is 0.451 e. The highest BCUT2D eigenvalue weighted by atomic mass is 19.4. The number of fused-ring (bicyclic) bond motifs is 1. The summed E-state index contributed by atoms with van der Waals surface area (Å²) in [4.78, 5) is 26.9. The molecule has 11 heteroatoms. The molecule has 3 rings (SSSR count). The first-order valence-corrected chi connectivity index (χ1v) is 6.14. The van der Waals surface area contributed by atoms with Gasteiger partial charge in [-0.25, -0.2) is 5.10 Å². The van der Waals surface area contributed by atoms with Gasteiger partial charge in [0.2, 0.25) is 11.8 Å². The van der Waals surface area contributed by atoms with E-state index in [4.69, 9.17) is 0 Å². The lowest BCUT2D eigenvalue weighted by molar-refractivity contribution is -0.144. The molecule has 0 atom stereocenters. The van der Waals surface area contributed by atoms with Crippen molar-refractivity contribution >= 4 is 22.6 Å². The average molecular weight is 324 g/mol. The van der Waals surface area contributed by atoms with Crippen molar-refractivity contribution in [2.75, 3.05) is 5.32 Å². The van der Waals surface area contributed by atoms with Gasteiger partial charge in [0, 0.05) is 5.39 Å². The number of rotatable bonds is 2. The van der Waals surface area contributed by atoms with Crippen molar-refractivity contribution in [3.05, 3.63) is 46.1 Å². The molecule has 0 aliphatic carbocycles. The summed E-state index contributed by atoms with van der Waals surface area (Å²) in [5, 5.41) is 13.2. The number of aromatic nitrogens is 5. The van der Waals surface area contributed by atoms with Crippen LogP contribution in [0.2, 0.25) is 0 Å². The number of benzene rings is 1. The Morgan fingerprint density at radius 3 is 2.43 bits per heavy atom. The van der Waals surface area contributed by atoms with Crippen LogP contribution in [0.5, 0.6) is 0 Å². The first kappa shape index (κ1) is 14.7. The first-order valence-electron chi connectivity index (χ1n) is 6.14. The van der Waals surface area contributed by atoms with Crippen molar-refractivity contribution in [1.82, 2.24) is 25.4 Å². The zero-order chi connectivity index (χ0) is 16.6. The number of H-pyrrole nitrogens is 2. The second-order valence-electron chi connectivity index (χ2n) is 4.41. The monoisotopic (exact) mass is 324 g/mol. The second kappa shape index (κ2) is 5.19. The van der Waals surface area contributed by atoms with Gasteiger partial charge in [0.05, 0.1) is 5.39 Å². The van der Waals surface area contributed by atoms with E-state index in [0.29, 0.717) is 0 Å². The van der Waals surface area contributed by atoms with Crippen molar-refractivity contribution in [3.8, 4) is 0 Å². The van der Waals surface area contributed by atoms with E-state index < -0.39 is 29.4 Å². The van der Waals surface area contributed by atoms with E-state index in [1.54, 1.807) is 17.2 Å². The number of alkyl halides is 3. The Morgan fingerprint density at radius 1 is 1.09 bits per heavy atom. The molecule has 3 N–H and O–H groups in total. The van der Waals surface area contributed by atoms with E-state index in [2.05, 4.69) is 25.6 Å². The third kappa shape index (κ3) is 2.75. The van der Waals surface area contributed by atoms with Crippen molar-refractivity contribution in [2.24, 2.45) is 0 Å². The summed E-state index contributed by atoms with van der Waals surface area (Å²) >= 11 is 0. The fourth-order valence-electron chi connectivity index (χ4n) is 1.89. The highest BCUT2D eigenvalue weighted by molar-refractivity contribution is 6.10. The molecule has 0 bridgehead atoms. The minimum absolute atomic E-state index is 0.168. The zero-order valence-corrected chi connectivity index (χ0v) is 11.1. The Hall–Kier alpha value is -3.24. The summed E-state index contributed by atoms with van der Waals surface area (Å²) in [5.41, 5.74) is -0.659. The second-order valence-corrected chi connectivity index (χ2v) is 4.41. The number of halogens is 3. The van der Waals surface area contributed by atoms with Crippen LogP contribution in [0.25, 0.3) is 10.8 Å². The fraction of sp³-hybridized carbons (Fsp3) is 0.0833. The lowest BCUT2D eigenvalue weighted by Gasteiger charge is -2.03. The minimum atomic E-state index is -4.71. The molecule has 2 heterocycles. The van der Waals surface area contributed by atoms with E-state index in [1.807, 2.05) is 0 Å². The summed E-state index contributed by atoms with van der Waals surface area (Å²) in [6, 6.07) is 6.17. The predicted molar refractivity (Wildman–Crippen MR) is 71.7 cm³/mol. The molecule has 118 valence electrons. The van der Waals surface area contributed by atoms with E-state index >= 15 is 0 Å². The van der Waals surface area contributed by atoms with Gasteiger partial charge in [0.25, 0.3) is 11.5 Å². The maximum absolute atomic E-state index is 12.4. The smallest absolute Gasteiger partial charge is 0.288 e. The fourth-order valence-corrected chi connectivity index (χ4v) is 1.89. The van der Waals surface area contributed by atoms with Gasteiger partial charge < -0.3 is 0 Å². The Labute approximate surface area is 124 Å². The van der Waals surface area contributed by atoms with E-state index in [9.17, 15) is 22.8 Å². The van der Waals surface area contributed by atoms with Gasteiger partial charge >= 0.3 is 6.18 Å². The molecule has 23 heavy (non-hydrogen) atoms. The van der Waals surface area contributed by atoms with E-state index in [1.165, 1.54) is 12.1 Å². The molecule has 0 unspecified atom stereocenters. The zero-order valence-electron chi connectivity index (χ0n) is 11.1. The van der Waals surface area contributed by atoms with Crippen molar-refractivity contribution in [3.63, 3.8) is 0 Å². The summed E-state index contributed by atoms with van der Waals surface area (Å²) in [7, 11) is 0. The van der Waals surface area contributed by atoms with Crippen molar-refractivity contribution in [2.45, 2.75) is 6.18 Å². The first-order chi connectivity index (χ1) is 10.9. The van der Waals surface area contributed by atoms with Crippen LogP contribution in [0.3, 0.4) is 0 Å². The highest BCUT2D eigenvalue weighted by Gasteiger charge is 2.35. The number of hydrogen-bond donors (Lipinski definition) is 3. The number of carbonyl (C=O) groups is 1. The van der Waals surface area contributed by atoms with Crippen LogP contribution in [0, 0.1) is 0 Å². The summed E-state index contributed by atoms with van der Waals surface area (Å²) in [5.74, 6) is -2.75. The van der Waals surface area contributed by atoms with Crippen molar-refractivity contribution < 1.29 is 18.0 Å². The normalized spacial score (nSPS) is 11.6.